The minimum atomic E-state index is -0.273. The van der Waals surface area contributed by atoms with Crippen molar-refractivity contribution < 1.29 is 13.9 Å². The molecule has 0 amide bonds. The average Bonchev–Trinajstić information content (AvgIpc) is 2.49. The molecule has 21 heavy (non-hydrogen) atoms. The average molecular weight is 354 g/mol. The fourth-order valence-electron chi connectivity index (χ4n) is 1.93. The largest absolute Gasteiger partial charge is 0.493 e. The molecule has 0 aliphatic carbocycles. The number of rotatable bonds is 6. The third-order valence-electron chi connectivity index (χ3n) is 2.94. The maximum Gasteiger partial charge on any atom is 0.161 e. The van der Waals surface area contributed by atoms with Gasteiger partial charge in [0.2, 0.25) is 0 Å². The molecular formula is C16H17BrFNO2. The van der Waals surface area contributed by atoms with Gasteiger partial charge >= 0.3 is 0 Å². The van der Waals surface area contributed by atoms with Crippen molar-refractivity contribution in [1.82, 2.24) is 0 Å². The van der Waals surface area contributed by atoms with E-state index in [-0.39, 0.29) is 5.82 Å². The highest BCUT2D eigenvalue weighted by Crippen LogP contribution is 2.29. The number of benzene rings is 2. The normalized spacial score (nSPS) is 10.3. The predicted octanol–water partition coefficient (Wildman–Crippen LogP) is 4.61. The molecule has 0 heterocycles. The molecule has 0 radical (unpaired) electrons. The minimum absolute atomic E-state index is 0.273. The fourth-order valence-corrected chi connectivity index (χ4v) is 2.32. The molecule has 5 heteroatoms. The Bertz CT molecular complexity index is 619. The second-order valence-electron chi connectivity index (χ2n) is 4.40. The van der Waals surface area contributed by atoms with E-state index < -0.39 is 0 Å². The van der Waals surface area contributed by atoms with Gasteiger partial charge in [0.05, 0.1) is 19.4 Å². The van der Waals surface area contributed by atoms with Crippen LogP contribution in [0.5, 0.6) is 11.5 Å². The summed E-state index contributed by atoms with van der Waals surface area (Å²) in [6.07, 6.45) is 0. The Kier molecular flexibility index (Phi) is 5.44. The van der Waals surface area contributed by atoms with Gasteiger partial charge in [-0.05, 0) is 58.7 Å². The minimum Gasteiger partial charge on any atom is -0.493 e. The van der Waals surface area contributed by atoms with Crippen LogP contribution in [0.25, 0.3) is 0 Å². The van der Waals surface area contributed by atoms with Crippen LogP contribution in [0.3, 0.4) is 0 Å². The highest BCUT2D eigenvalue weighted by molar-refractivity contribution is 9.10. The number of nitrogens with one attached hydrogen (secondary N) is 1. The number of hydrogen-bond donors (Lipinski definition) is 1. The summed E-state index contributed by atoms with van der Waals surface area (Å²) in [7, 11) is 1.61. The molecule has 2 aromatic rings. The molecule has 2 rings (SSSR count). The van der Waals surface area contributed by atoms with Crippen LogP contribution in [0, 0.1) is 5.82 Å². The van der Waals surface area contributed by atoms with Gasteiger partial charge in [-0.2, -0.15) is 0 Å². The van der Waals surface area contributed by atoms with E-state index in [0.29, 0.717) is 30.3 Å². The highest BCUT2D eigenvalue weighted by Gasteiger charge is 2.06. The Morgan fingerprint density at radius 3 is 2.67 bits per heavy atom. The Hall–Kier alpha value is -1.75. The molecule has 0 aliphatic rings. The summed E-state index contributed by atoms with van der Waals surface area (Å²) in [4.78, 5) is 0. The van der Waals surface area contributed by atoms with Crippen molar-refractivity contribution in [2.75, 3.05) is 19.0 Å². The number of anilines is 1. The van der Waals surface area contributed by atoms with Crippen molar-refractivity contribution >= 4 is 21.6 Å². The maximum absolute atomic E-state index is 13.2. The Morgan fingerprint density at radius 1 is 1.14 bits per heavy atom. The molecule has 3 nitrogen and oxygen atoms in total. The zero-order valence-corrected chi connectivity index (χ0v) is 13.5. The third kappa shape index (κ3) is 4.11. The van der Waals surface area contributed by atoms with Crippen LogP contribution in [0.4, 0.5) is 10.1 Å². The van der Waals surface area contributed by atoms with E-state index in [4.69, 9.17) is 9.47 Å². The summed E-state index contributed by atoms with van der Waals surface area (Å²) in [6.45, 7) is 3.06. The van der Waals surface area contributed by atoms with Crippen LogP contribution >= 0.6 is 15.9 Å². The first kappa shape index (κ1) is 15.6. The zero-order valence-electron chi connectivity index (χ0n) is 12.0. The van der Waals surface area contributed by atoms with Gasteiger partial charge in [-0.25, -0.2) is 4.39 Å². The summed E-state index contributed by atoms with van der Waals surface area (Å²) in [5.74, 6) is 1.13. The molecule has 0 unspecified atom stereocenters. The van der Waals surface area contributed by atoms with Crippen molar-refractivity contribution in [2.45, 2.75) is 13.5 Å². The van der Waals surface area contributed by atoms with Gasteiger partial charge < -0.3 is 14.8 Å². The zero-order chi connectivity index (χ0) is 15.2. The molecule has 1 N–H and O–H groups in total. The van der Waals surface area contributed by atoms with E-state index in [1.54, 1.807) is 13.2 Å². The number of hydrogen-bond acceptors (Lipinski definition) is 3. The van der Waals surface area contributed by atoms with Crippen molar-refractivity contribution in [2.24, 2.45) is 0 Å². The van der Waals surface area contributed by atoms with Crippen molar-refractivity contribution in [3.63, 3.8) is 0 Å². The maximum atomic E-state index is 13.2. The number of halogens is 2. The van der Waals surface area contributed by atoms with Crippen LogP contribution in [0.2, 0.25) is 0 Å². The summed E-state index contributed by atoms with van der Waals surface area (Å²) in [6, 6.07) is 10.3. The third-order valence-corrected chi connectivity index (χ3v) is 3.63. The highest BCUT2D eigenvalue weighted by atomic mass is 79.9. The molecule has 0 spiro atoms. The standard InChI is InChI=1S/C16H17BrFNO2/c1-3-21-16-8-11(4-7-15(16)20-2)10-19-14-9-12(18)5-6-13(14)17/h4-9,19H,3,10H2,1-2H3. The second-order valence-corrected chi connectivity index (χ2v) is 5.25. The van der Waals surface area contributed by atoms with Crippen molar-refractivity contribution in [3.8, 4) is 11.5 Å². The van der Waals surface area contributed by atoms with Gasteiger partial charge in [0, 0.05) is 11.0 Å². The van der Waals surface area contributed by atoms with Crippen LogP contribution in [-0.2, 0) is 6.54 Å². The van der Waals surface area contributed by atoms with Gasteiger partial charge in [-0.15, -0.1) is 0 Å². The first-order valence-corrected chi connectivity index (χ1v) is 7.42. The van der Waals surface area contributed by atoms with Crippen molar-refractivity contribution in [3.05, 3.63) is 52.3 Å². The monoisotopic (exact) mass is 353 g/mol. The quantitative estimate of drug-likeness (QED) is 0.822. The number of methoxy groups -OCH3 is 1. The Labute approximate surface area is 132 Å². The lowest BCUT2D eigenvalue weighted by Crippen LogP contribution is -2.02. The fraction of sp³-hybridized carbons (Fsp3) is 0.250. The van der Waals surface area contributed by atoms with Gasteiger partial charge in [0.25, 0.3) is 0 Å². The molecule has 2 aromatic carbocycles. The van der Waals surface area contributed by atoms with E-state index in [1.807, 2.05) is 25.1 Å². The molecule has 0 bridgehead atoms. The van der Waals surface area contributed by atoms with E-state index in [2.05, 4.69) is 21.2 Å². The van der Waals surface area contributed by atoms with Gasteiger partial charge in [-0.3, -0.25) is 0 Å². The molecule has 0 fully saturated rings. The lowest BCUT2D eigenvalue weighted by atomic mass is 10.2. The summed E-state index contributed by atoms with van der Waals surface area (Å²) in [5.41, 5.74) is 1.74. The summed E-state index contributed by atoms with van der Waals surface area (Å²) in [5, 5.41) is 3.19. The van der Waals surface area contributed by atoms with E-state index in [0.717, 1.165) is 10.0 Å². The molecule has 0 aromatic heterocycles. The molecule has 0 aliphatic heterocycles. The molecule has 0 saturated carbocycles. The Balaban J connectivity index is 2.12. The molecular weight excluding hydrogens is 337 g/mol. The second kappa shape index (κ2) is 7.31. The smallest absolute Gasteiger partial charge is 0.161 e. The molecule has 0 saturated heterocycles. The molecule has 0 atom stereocenters. The van der Waals surface area contributed by atoms with E-state index >= 15 is 0 Å². The predicted molar refractivity (Wildman–Crippen MR) is 85.6 cm³/mol. The van der Waals surface area contributed by atoms with Gasteiger partial charge in [-0.1, -0.05) is 6.07 Å². The van der Waals surface area contributed by atoms with Gasteiger partial charge in [0.15, 0.2) is 11.5 Å². The van der Waals surface area contributed by atoms with Crippen LogP contribution in [0.15, 0.2) is 40.9 Å². The van der Waals surface area contributed by atoms with Gasteiger partial charge in [0.1, 0.15) is 5.82 Å². The first-order chi connectivity index (χ1) is 10.1. The SMILES string of the molecule is CCOc1cc(CNc2cc(F)ccc2Br)ccc1OC. The van der Waals surface area contributed by atoms with Crippen molar-refractivity contribution in [1.29, 1.82) is 0 Å². The lowest BCUT2D eigenvalue weighted by Gasteiger charge is -2.13. The first-order valence-electron chi connectivity index (χ1n) is 6.62. The number of ether oxygens (including phenoxy) is 2. The molecule has 112 valence electrons. The lowest BCUT2D eigenvalue weighted by molar-refractivity contribution is 0.310. The summed E-state index contributed by atoms with van der Waals surface area (Å²) < 4.78 is 24.8. The Morgan fingerprint density at radius 2 is 1.95 bits per heavy atom. The van der Waals surface area contributed by atoms with Crippen LogP contribution < -0.4 is 14.8 Å². The van der Waals surface area contributed by atoms with Crippen LogP contribution in [-0.4, -0.2) is 13.7 Å². The van der Waals surface area contributed by atoms with E-state index in [1.165, 1.54) is 12.1 Å². The summed E-state index contributed by atoms with van der Waals surface area (Å²) >= 11 is 3.39. The topological polar surface area (TPSA) is 30.5 Å². The van der Waals surface area contributed by atoms with Crippen LogP contribution in [0.1, 0.15) is 12.5 Å². The van der Waals surface area contributed by atoms with E-state index in [9.17, 15) is 4.39 Å².